The summed E-state index contributed by atoms with van der Waals surface area (Å²) in [5, 5.41) is 2.49. The zero-order valence-electron chi connectivity index (χ0n) is 10.7. The normalized spacial score (nSPS) is 15.0. The Morgan fingerprint density at radius 1 is 1.00 bits per heavy atom. The van der Waals surface area contributed by atoms with Gasteiger partial charge in [0.1, 0.15) is 11.6 Å². The summed E-state index contributed by atoms with van der Waals surface area (Å²) >= 11 is 0. The minimum absolute atomic E-state index is 0.166. The van der Waals surface area contributed by atoms with Crippen LogP contribution >= 0.6 is 0 Å². The van der Waals surface area contributed by atoms with Crippen LogP contribution in [-0.2, 0) is 4.79 Å². The molecule has 3 rings (SSSR count). The monoisotopic (exact) mass is 285 g/mol. The van der Waals surface area contributed by atoms with Crippen molar-refractivity contribution in [2.24, 2.45) is 0 Å². The molecule has 0 bridgehead atoms. The molecule has 0 spiro atoms. The standard InChI is InChI=1S/C16H9F2NO2/c17-10-3-1-9(2-4-10)15(20)8-13-12-6-5-11(18)7-14(12)19-16(13)21/h1-8H,(H,19,21)/b13-8-. The van der Waals surface area contributed by atoms with Crippen LogP contribution in [0.4, 0.5) is 14.5 Å². The summed E-state index contributed by atoms with van der Waals surface area (Å²) in [7, 11) is 0. The smallest absolute Gasteiger partial charge is 0.256 e. The number of halogens is 2. The highest BCUT2D eigenvalue weighted by atomic mass is 19.1. The van der Waals surface area contributed by atoms with Crippen LogP contribution in [0.15, 0.2) is 48.5 Å². The van der Waals surface area contributed by atoms with E-state index in [0.29, 0.717) is 11.3 Å². The lowest BCUT2D eigenvalue weighted by Gasteiger charge is -1.99. The van der Waals surface area contributed by atoms with E-state index in [1.165, 1.54) is 48.5 Å². The maximum absolute atomic E-state index is 13.1. The van der Waals surface area contributed by atoms with E-state index in [4.69, 9.17) is 0 Å². The van der Waals surface area contributed by atoms with Crippen molar-refractivity contribution in [3.63, 3.8) is 0 Å². The third kappa shape index (κ3) is 2.45. The number of benzene rings is 2. The van der Waals surface area contributed by atoms with Crippen LogP contribution < -0.4 is 5.32 Å². The van der Waals surface area contributed by atoms with Crippen LogP contribution in [-0.4, -0.2) is 11.7 Å². The van der Waals surface area contributed by atoms with Gasteiger partial charge in [0, 0.05) is 11.1 Å². The highest BCUT2D eigenvalue weighted by Gasteiger charge is 2.25. The number of amides is 1. The Hall–Kier alpha value is -2.82. The second kappa shape index (κ2) is 4.94. The number of allylic oxidation sites excluding steroid dienone is 1. The highest BCUT2D eigenvalue weighted by Crippen LogP contribution is 2.32. The minimum atomic E-state index is -0.472. The van der Waals surface area contributed by atoms with Crippen molar-refractivity contribution < 1.29 is 18.4 Å². The number of ketones is 1. The molecule has 0 aromatic heterocycles. The summed E-state index contributed by atoms with van der Waals surface area (Å²) in [6, 6.07) is 8.87. The molecule has 0 saturated heterocycles. The number of anilines is 1. The minimum Gasteiger partial charge on any atom is -0.321 e. The van der Waals surface area contributed by atoms with Crippen LogP contribution in [0.3, 0.4) is 0 Å². The van der Waals surface area contributed by atoms with Gasteiger partial charge >= 0.3 is 0 Å². The molecule has 3 nitrogen and oxygen atoms in total. The van der Waals surface area contributed by atoms with Gasteiger partial charge in [-0.2, -0.15) is 0 Å². The molecule has 21 heavy (non-hydrogen) atoms. The van der Waals surface area contributed by atoms with E-state index in [2.05, 4.69) is 5.32 Å². The Kier molecular flexibility index (Phi) is 3.10. The first-order valence-electron chi connectivity index (χ1n) is 6.17. The maximum atomic E-state index is 13.1. The van der Waals surface area contributed by atoms with Crippen molar-refractivity contribution in [2.75, 3.05) is 5.32 Å². The Balaban J connectivity index is 1.99. The third-order valence-electron chi connectivity index (χ3n) is 3.17. The molecule has 5 heteroatoms. The van der Waals surface area contributed by atoms with Crippen molar-refractivity contribution >= 4 is 23.0 Å². The molecule has 1 aliphatic heterocycles. The lowest BCUT2D eigenvalue weighted by atomic mass is 10.0. The van der Waals surface area contributed by atoms with Gasteiger partial charge < -0.3 is 5.32 Å². The topological polar surface area (TPSA) is 46.2 Å². The third-order valence-corrected chi connectivity index (χ3v) is 3.17. The summed E-state index contributed by atoms with van der Waals surface area (Å²) in [5.41, 5.74) is 1.24. The molecule has 1 amide bonds. The van der Waals surface area contributed by atoms with Gasteiger partial charge in [-0.3, -0.25) is 9.59 Å². The quantitative estimate of drug-likeness (QED) is 0.680. The first-order chi connectivity index (χ1) is 10.0. The molecule has 0 saturated carbocycles. The van der Waals surface area contributed by atoms with Gasteiger partial charge in [0.15, 0.2) is 5.78 Å². The molecule has 104 valence electrons. The number of nitrogens with one attached hydrogen (secondary N) is 1. The van der Waals surface area contributed by atoms with Crippen LogP contribution in [0.2, 0.25) is 0 Å². The molecular formula is C16H9F2NO2. The van der Waals surface area contributed by atoms with Gasteiger partial charge in [-0.25, -0.2) is 8.78 Å². The second-order valence-electron chi connectivity index (χ2n) is 4.57. The summed E-state index contributed by atoms with van der Waals surface area (Å²) in [5.74, 6) is -1.80. The van der Waals surface area contributed by atoms with Crippen LogP contribution in [0.5, 0.6) is 0 Å². The molecule has 0 unspecified atom stereocenters. The largest absolute Gasteiger partial charge is 0.321 e. The summed E-state index contributed by atoms with van der Waals surface area (Å²) in [6.07, 6.45) is 1.17. The molecule has 2 aromatic carbocycles. The summed E-state index contributed by atoms with van der Waals surface area (Å²) in [6.45, 7) is 0. The SMILES string of the molecule is O=C1Nc2cc(F)ccc2/C1=C/C(=O)c1ccc(F)cc1. The van der Waals surface area contributed by atoms with Gasteiger partial charge in [0.25, 0.3) is 5.91 Å². The first-order valence-corrected chi connectivity index (χ1v) is 6.17. The van der Waals surface area contributed by atoms with E-state index in [1.807, 2.05) is 0 Å². The van der Waals surface area contributed by atoms with Gasteiger partial charge in [-0.15, -0.1) is 0 Å². The fraction of sp³-hybridized carbons (Fsp3) is 0. The van der Waals surface area contributed by atoms with Crippen LogP contribution in [0.1, 0.15) is 15.9 Å². The van der Waals surface area contributed by atoms with Gasteiger partial charge in [-0.05, 0) is 48.5 Å². The van der Waals surface area contributed by atoms with Gasteiger partial charge in [0.05, 0.1) is 11.3 Å². The zero-order chi connectivity index (χ0) is 15.0. The molecule has 0 aliphatic carbocycles. The van der Waals surface area contributed by atoms with Gasteiger partial charge in [0.2, 0.25) is 0 Å². The lowest BCUT2D eigenvalue weighted by molar-refractivity contribution is -0.110. The molecule has 0 radical (unpaired) electrons. The number of carbonyl (C=O) groups excluding carboxylic acids is 2. The Bertz CT molecular complexity index is 779. The van der Waals surface area contributed by atoms with E-state index in [0.717, 1.165) is 0 Å². The second-order valence-corrected chi connectivity index (χ2v) is 4.57. The Morgan fingerprint density at radius 3 is 2.38 bits per heavy atom. The predicted molar refractivity (Wildman–Crippen MR) is 73.7 cm³/mol. The zero-order valence-corrected chi connectivity index (χ0v) is 10.7. The van der Waals surface area contributed by atoms with E-state index in [9.17, 15) is 18.4 Å². The summed E-state index contributed by atoms with van der Waals surface area (Å²) < 4.78 is 25.9. The van der Waals surface area contributed by atoms with Crippen LogP contribution in [0, 0.1) is 11.6 Å². The Labute approximate surface area is 118 Å². The van der Waals surface area contributed by atoms with Crippen molar-refractivity contribution in [1.29, 1.82) is 0 Å². The predicted octanol–water partition coefficient (Wildman–Crippen LogP) is 3.18. The number of hydrogen-bond donors (Lipinski definition) is 1. The number of fused-ring (bicyclic) bond motifs is 1. The van der Waals surface area contributed by atoms with Crippen molar-refractivity contribution in [3.05, 3.63) is 71.3 Å². The number of rotatable bonds is 2. The number of hydrogen-bond acceptors (Lipinski definition) is 2. The number of carbonyl (C=O) groups is 2. The Morgan fingerprint density at radius 2 is 1.67 bits per heavy atom. The van der Waals surface area contributed by atoms with Crippen molar-refractivity contribution in [1.82, 2.24) is 0 Å². The molecule has 0 atom stereocenters. The van der Waals surface area contributed by atoms with Gasteiger partial charge in [-0.1, -0.05) is 0 Å². The first kappa shape index (κ1) is 13.2. The van der Waals surface area contributed by atoms with E-state index in [-0.39, 0.29) is 11.1 Å². The molecule has 1 N–H and O–H groups in total. The molecule has 2 aromatic rings. The van der Waals surface area contributed by atoms with E-state index in [1.54, 1.807) is 0 Å². The fourth-order valence-corrected chi connectivity index (χ4v) is 2.14. The van der Waals surface area contributed by atoms with E-state index >= 15 is 0 Å². The van der Waals surface area contributed by atoms with Crippen molar-refractivity contribution in [3.8, 4) is 0 Å². The highest BCUT2D eigenvalue weighted by molar-refractivity contribution is 6.35. The van der Waals surface area contributed by atoms with E-state index < -0.39 is 23.3 Å². The maximum Gasteiger partial charge on any atom is 0.256 e. The molecular weight excluding hydrogens is 276 g/mol. The average molecular weight is 285 g/mol. The van der Waals surface area contributed by atoms with Crippen molar-refractivity contribution in [2.45, 2.75) is 0 Å². The molecule has 0 fully saturated rings. The average Bonchev–Trinajstić information content (AvgIpc) is 2.75. The molecule has 1 aliphatic rings. The summed E-state index contributed by atoms with van der Waals surface area (Å²) in [4.78, 5) is 23.9. The molecule has 1 heterocycles. The van der Waals surface area contributed by atoms with Crippen LogP contribution in [0.25, 0.3) is 5.57 Å². The lowest BCUT2D eigenvalue weighted by Crippen LogP contribution is -2.06. The fourth-order valence-electron chi connectivity index (χ4n) is 2.14.